The monoisotopic (exact) mass is 215 g/mol. The highest BCUT2D eigenvalue weighted by Crippen LogP contribution is 2.27. The van der Waals surface area contributed by atoms with Crippen LogP contribution < -0.4 is 0 Å². The Kier molecular flexibility index (Phi) is 3.32. The van der Waals surface area contributed by atoms with E-state index in [-0.39, 0.29) is 5.56 Å². The number of aliphatic hydroxyl groups excluding tert-OH is 1. The number of alkyl halides is 3. The van der Waals surface area contributed by atoms with E-state index in [9.17, 15) is 18.3 Å². The fraction of sp³-hybridized carbons (Fsp3) is 0.300. The number of hydrogen-bond acceptors (Lipinski definition) is 2. The van der Waals surface area contributed by atoms with Crippen molar-refractivity contribution in [2.24, 2.45) is 0 Å². The molecule has 1 rings (SSSR count). The van der Waals surface area contributed by atoms with E-state index >= 15 is 0 Å². The Balaban J connectivity index is 2.93. The highest BCUT2D eigenvalue weighted by Gasteiger charge is 2.32. The normalized spacial score (nSPS) is 12.9. The quantitative estimate of drug-likeness (QED) is 0.728. The van der Waals surface area contributed by atoms with E-state index in [1.54, 1.807) is 0 Å². The van der Waals surface area contributed by atoms with Crippen molar-refractivity contribution in [2.75, 3.05) is 0 Å². The summed E-state index contributed by atoms with van der Waals surface area (Å²) in [5.74, 6) is 4.87. The van der Waals surface area contributed by atoms with Gasteiger partial charge in [-0.2, -0.15) is 13.2 Å². The molecule has 0 aliphatic heterocycles. The zero-order valence-corrected chi connectivity index (χ0v) is 7.84. The van der Waals surface area contributed by atoms with Crippen molar-refractivity contribution < 1.29 is 18.3 Å². The highest BCUT2D eigenvalue weighted by molar-refractivity contribution is 5.24. The highest BCUT2D eigenvalue weighted by atomic mass is 19.4. The fourth-order valence-corrected chi connectivity index (χ4v) is 0.955. The van der Waals surface area contributed by atoms with Crippen molar-refractivity contribution in [3.05, 3.63) is 29.6 Å². The molecule has 0 amide bonds. The summed E-state index contributed by atoms with van der Waals surface area (Å²) in [5, 5.41) is 9.32. The molecule has 80 valence electrons. The van der Waals surface area contributed by atoms with Gasteiger partial charge in [-0.1, -0.05) is 12.0 Å². The molecule has 0 aromatic carbocycles. The fourth-order valence-electron chi connectivity index (χ4n) is 0.955. The molecular formula is C10H8F3NO. The van der Waals surface area contributed by atoms with Crippen molar-refractivity contribution in [2.45, 2.75) is 19.2 Å². The van der Waals surface area contributed by atoms with Gasteiger partial charge in [0, 0.05) is 11.8 Å². The largest absolute Gasteiger partial charge is 0.433 e. The van der Waals surface area contributed by atoms with E-state index in [1.807, 2.05) is 0 Å². The summed E-state index contributed by atoms with van der Waals surface area (Å²) in [5.41, 5.74) is -0.736. The maximum Gasteiger partial charge on any atom is 0.433 e. The van der Waals surface area contributed by atoms with E-state index in [4.69, 9.17) is 0 Å². The van der Waals surface area contributed by atoms with Crippen molar-refractivity contribution in [1.29, 1.82) is 0 Å². The molecule has 0 saturated carbocycles. The topological polar surface area (TPSA) is 33.1 Å². The average Bonchev–Trinajstić information content (AvgIpc) is 2.17. The molecule has 1 N–H and O–H groups in total. The van der Waals surface area contributed by atoms with Crippen LogP contribution >= 0.6 is 0 Å². The first-order chi connectivity index (χ1) is 6.95. The number of hydrogen-bond donors (Lipinski definition) is 1. The minimum absolute atomic E-state index is 0.248. The van der Waals surface area contributed by atoms with Crippen LogP contribution in [0.2, 0.25) is 0 Å². The molecule has 0 radical (unpaired) electrons. The molecule has 5 heteroatoms. The van der Waals surface area contributed by atoms with Crippen LogP contribution in [0.5, 0.6) is 0 Å². The molecule has 2 nitrogen and oxygen atoms in total. The van der Waals surface area contributed by atoms with Crippen LogP contribution in [0.15, 0.2) is 18.3 Å². The molecule has 1 atom stereocenters. The number of halogens is 3. The van der Waals surface area contributed by atoms with Crippen molar-refractivity contribution in [1.82, 2.24) is 4.98 Å². The molecule has 0 aliphatic rings. The molecule has 0 bridgehead atoms. The Morgan fingerprint density at radius 1 is 1.40 bits per heavy atom. The van der Waals surface area contributed by atoms with Crippen LogP contribution in [-0.4, -0.2) is 10.1 Å². The lowest BCUT2D eigenvalue weighted by Gasteiger charge is -2.07. The lowest BCUT2D eigenvalue weighted by molar-refractivity contribution is -0.141. The molecule has 1 unspecified atom stereocenters. The first kappa shape index (κ1) is 11.5. The summed E-state index contributed by atoms with van der Waals surface area (Å²) in [7, 11) is 0. The third kappa shape index (κ3) is 2.96. The summed E-state index contributed by atoms with van der Waals surface area (Å²) < 4.78 is 36.3. The third-order valence-electron chi connectivity index (χ3n) is 1.67. The van der Waals surface area contributed by atoms with Gasteiger partial charge in [-0.3, -0.25) is 4.98 Å². The summed E-state index contributed by atoms with van der Waals surface area (Å²) in [6, 6.07) is 1.97. The summed E-state index contributed by atoms with van der Waals surface area (Å²) in [6.07, 6.45) is -4.58. The number of aliphatic hydroxyl groups is 1. The number of pyridine rings is 1. The zero-order chi connectivity index (χ0) is 11.5. The van der Waals surface area contributed by atoms with Gasteiger partial charge < -0.3 is 5.11 Å². The van der Waals surface area contributed by atoms with Gasteiger partial charge in [0.1, 0.15) is 11.8 Å². The lowest BCUT2D eigenvalue weighted by atomic mass is 10.1. The second kappa shape index (κ2) is 4.32. The summed E-state index contributed by atoms with van der Waals surface area (Å²) in [4.78, 5) is 3.20. The minimum atomic E-state index is -4.46. The van der Waals surface area contributed by atoms with Gasteiger partial charge >= 0.3 is 6.18 Å². The number of rotatable bonds is 1. The molecule has 1 heterocycles. The molecule has 0 aliphatic carbocycles. The first-order valence-corrected chi connectivity index (χ1v) is 4.08. The molecule has 0 spiro atoms. The molecule has 0 saturated heterocycles. The van der Waals surface area contributed by atoms with Crippen LogP contribution in [0.1, 0.15) is 24.3 Å². The maximum atomic E-state index is 12.1. The molecule has 1 aromatic rings. The molecule has 0 fully saturated rings. The second-order valence-corrected chi connectivity index (χ2v) is 2.77. The number of aromatic nitrogens is 1. The Bertz CT molecular complexity index is 386. The third-order valence-corrected chi connectivity index (χ3v) is 1.67. The Hall–Kier alpha value is -1.54. The lowest BCUT2D eigenvalue weighted by Crippen LogP contribution is -2.08. The van der Waals surface area contributed by atoms with Crippen LogP contribution in [0, 0.1) is 11.8 Å². The van der Waals surface area contributed by atoms with E-state index in [0.717, 1.165) is 18.3 Å². The van der Waals surface area contributed by atoms with Crippen LogP contribution in [0.25, 0.3) is 0 Å². The smallest absolute Gasteiger partial charge is 0.376 e. The summed E-state index contributed by atoms with van der Waals surface area (Å²) in [6.45, 7) is 1.53. The van der Waals surface area contributed by atoms with Crippen molar-refractivity contribution in [3.8, 4) is 11.8 Å². The second-order valence-electron chi connectivity index (χ2n) is 2.77. The van der Waals surface area contributed by atoms with Crippen molar-refractivity contribution in [3.63, 3.8) is 0 Å². The van der Waals surface area contributed by atoms with Crippen LogP contribution in [0.3, 0.4) is 0 Å². The molecule has 15 heavy (non-hydrogen) atoms. The van der Waals surface area contributed by atoms with Gasteiger partial charge in [0.25, 0.3) is 0 Å². The molecular weight excluding hydrogens is 207 g/mol. The van der Waals surface area contributed by atoms with Gasteiger partial charge in [0.15, 0.2) is 0 Å². The zero-order valence-electron chi connectivity index (χ0n) is 7.84. The van der Waals surface area contributed by atoms with E-state index in [2.05, 4.69) is 16.8 Å². The van der Waals surface area contributed by atoms with E-state index < -0.39 is 18.0 Å². The summed E-state index contributed by atoms with van der Waals surface area (Å²) >= 11 is 0. The SMILES string of the molecule is CC#CC(O)c1ccc(C(F)(F)F)nc1. The first-order valence-electron chi connectivity index (χ1n) is 4.08. The van der Waals surface area contributed by atoms with Gasteiger partial charge in [0.05, 0.1) is 0 Å². The van der Waals surface area contributed by atoms with E-state index in [0.29, 0.717) is 0 Å². The minimum Gasteiger partial charge on any atom is -0.376 e. The van der Waals surface area contributed by atoms with E-state index in [1.165, 1.54) is 6.92 Å². The maximum absolute atomic E-state index is 12.1. The molecule has 1 aromatic heterocycles. The predicted molar refractivity (Wildman–Crippen MR) is 47.6 cm³/mol. The van der Waals surface area contributed by atoms with Crippen LogP contribution in [-0.2, 0) is 6.18 Å². The van der Waals surface area contributed by atoms with Gasteiger partial charge in [-0.05, 0) is 13.0 Å². The van der Waals surface area contributed by atoms with Gasteiger partial charge in [-0.25, -0.2) is 0 Å². The van der Waals surface area contributed by atoms with Crippen LogP contribution in [0.4, 0.5) is 13.2 Å². The predicted octanol–water partition coefficient (Wildman–Crippen LogP) is 2.16. The Morgan fingerprint density at radius 2 is 2.07 bits per heavy atom. The van der Waals surface area contributed by atoms with Crippen molar-refractivity contribution >= 4 is 0 Å². The Morgan fingerprint density at radius 3 is 2.47 bits per heavy atom. The Labute approximate surface area is 84.8 Å². The number of nitrogens with zero attached hydrogens (tertiary/aromatic N) is 1. The standard InChI is InChI=1S/C10H8F3NO/c1-2-3-8(15)7-4-5-9(14-6-7)10(11,12)13/h4-6,8,15H,1H3. The van der Waals surface area contributed by atoms with Gasteiger partial charge in [-0.15, -0.1) is 5.92 Å². The van der Waals surface area contributed by atoms with Gasteiger partial charge in [0.2, 0.25) is 0 Å². The average molecular weight is 215 g/mol.